The SMILES string of the molecule is C1=CCCC=C1.CC.COC1=CCC(C(=O)O)=C(CN(C)c2c(C)c(C)nn2-c2ccccc2C)C=C1. The van der Waals surface area contributed by atoms with Crippen molar-refractivity contribution in [3.05, 3.63) is 101 Å². The second kappa shape index (κ2) is 14.7. The summed E-state index contributed by atoms with van der Waals surface area (Å²) in [5, 5.41) is 14.5. The quantitative estimate of drug-likeness (QED) is 0.459. The van der Waals surface area contributed by atoms with E-state index in [-0.39, 0.29) is 0 Å². The fourth-order valence-electron chi connectivity index (χ4n) is 4.09. The van der Waals surface area contributed by atoms with Gasteiger partial charge in [-0.3, -0.25) is 0 Å². The summed E-state index contributed by atoms with van der Waals surface area (Å²) in [7, 11) is 3.55. The Balaban J connectivity index is 0.000000519. The number of rotatable bonds is 6. The van der Waals surface area contributed by atoms with E-state index in [0.717, 1.165) is 33.9 Å². The minimum absolute atomic E-state index is 0.323. The van der Waals surface area contributed by atoms with Gasteiger partial charge in [-0.1, -0.05) is 62.4 Å². The van der Waals surface area contributed by atoms with Crippen molar-refractivity contribution in [3.8, 4) is 5.69 Å². The van der Waals surface area contributed by atoms with Crippen LogP contribution in [0.25, 0.3) is 5.69 Å². The molecule has 4 rings (SSSR count). The summed E-state index contributed by atoms with van der Waals surface area (Å²) in [4.78, 5) is 13.9. The number of ether oxygens (including phenoxy) is 1. The summed E-state index contributed by atoms with van der Waals surface area (Å²) in [5.41, 5.74) is 5.27. The second-order valence-corrected chi connectivity index (χ2v) is 8.68. The third-order valence-corrected chi connectivity index (χ3v) is 6.16. The van der Waals surface area contributed by atoms with E-state index in [1.807, 2.05) is 69.8 Å². The Morgan fingerprint density at radius 3 is 2.27 bits per heavy atom. The molecule has 1 N–H and O–H groups in total. The number of para-hydroxylation sites is 1. The third-order valence-electron chi connectivity index (χ3n) is 6.16. The molecule has 0 amide bonds. The normalized spacial score (nSPS) is 14.1. The monoisotopic (exact) mass is 503 g/mol. The molecular formula is C31H41N3O3. The molecule has 0 atom stereocenters. The van der Waals surface area contributed by atoms with Crippen molar-refractivity contribution in [2.24, 2.45) is 0 Å². The van der Waals surface area contributed by atoms with Crippen molar-refractivity contribution in [2.45, 2.75) is 53.9 Å². The molecule has 0 saturated carbocycles. The number of carbonyl (C=O) groups is 1. The number of hydrogen-bond acceptors (Lipinski definition) is 4. The van der Waals surface area contributed by atoms with Gasteiger partial charge in [0.15, 0.2) is 0 Å². The summed E-state index contributed by atoms with van der Waals surface area (Å²) < 4.78 is 7.22. The number of aliphatic carboxylic acids is 1. The summed E-state index contributed by atoms with van der Waals surface area (Å²) in [6.07, 6.45) is 16.8. The smallest absolute Gasteiger partial charge is 0.332 e. The maximum atomic E-state index is 11.8. The summed E-state index contributed by atoms with van der Waals surface area (Å²) >= 11 is 0. The van der Waals surface area contributed by atoms with E-state index in [0.29, 0.717) is 24.3 Å². The van der Waals surface area contributed by atoms with E-state index >= 15 is 0 Å². The molecule has 2 aliphatic rings. The zero-order chi connectivity index (χ0) is 27.4. The summed E-state index contributed by atoms with van der Waals surface area (Å²) in [6, 6.07) is 8.10. The van der Waals surface area contributed by atoms with Crippen molar-refractivity contribution < 1.29 is 14.6 Å². The Bertz CT molecular complexity index is 1200. The highest BCUT2D eigenvalue weighted by Gasteiger charge is 2.21. The molecule has 6 nitrogen and oxygen atoms in total. The maximum absolute atomic E-state index is 11.8. The van der Waals surface area contributed by atoms with Gasteiger partial charge in [-0.25, -0.2) is 9.48 Å². The molecule has 0 saturated heterocycles. The average molecular weight is 504 g/mol. The van der Waals surface area contributed by atoms with Crippen LogP contribution in [0.3, 0.4) is 0 Å². The molecule has 0 aliphatic heterocycles. The van der Waals surface area contributed by atoms with Gasteiger partial charge >= 0.3 is 5.97 Å². The Morgan fingerprint density at radius 2 is 1.73 bits per heavy atom. The number of benzene rings is 1. The van der Waals surface area contributed by atoms with Gasteiger partial charge in [0.2, 0.25) is 0 Å². The van der Waals surface area contributed by atoms with Crippen LogP contribution in [-0.2, 0) is 9.53 Å². The van der Waals surface area contributed by atoms with E-state index in [1.54, 1.807) is 13.2 Å². The number of hydrogen-bond donors (Lipinski definition) is 1. The van der Waals surface area contributed by atoms with E-state index in [4.69, 9.17) is 9.84 Å². The van der Waals surface area contributed by atoms with Gasteiger partial charge < -0.3 is 14.7 Å². The zero-order valence-corrected chi connectivity index (χ0v) is 23.3. The molecule has 0 fully saturated rings. The highest BCUT2D eigenvalue weighted by molar-refractivity contribution is 5.89. The Labute approximate surface area is 222 Å². The lowest BCUT2D eigenvalue weighted by Gasteiger charge is -2.23. The van der Waals surface area contributed by atoms with Crippen molar-refractivity contribution >= 4 is 11.8 Å². The van der Waals surface area contributed by atoms with E-state index in [2.05, 4.69) is 42.2 Å². The minimum Gasteiger partial charge on any atom is -0.497 e. The molecule has 0 radical (unpaired) electrons. The number of allylic oxidation sites excluding steroid dienone is 6. The molecule has 1 aromatic heterocycles. The molecule has 198 valence electrons. The molecular weight excluding hydrogens is 462 g/mol. The molecule has 37 heavy (non-hydrogen) atoms. The lowest BCUT2D eigenvalue weighted by Crippen LogP contribution is -2.25. The number of carboxylic acid groups (broad SMARTS) is 1. The fraction of sp³-hybridized carbons (Fsp3) is 0.355. The highest BCUT2D eigenvalue weighted by atomic mass is 16.5. The van der Waals surface area contributed by atoms with Gasteiger partial charge in [0.1, 0.15) is 11.6 Å². The van der Waals surface area contributed by atoms with Gasteiger partial charge in [-0.2, -0.15) is 5.10 Å². The highest BCUT2D eigenvalue weighted by Crippen LogP contribution is 2.29. The Hall–Kier alpha value is -3.80. The van der Waals surface area contributed by atoms with Crippen molar-refractivity contribution in [2.75, 3.05) is 25.6 Å². The van der Waals surface area contributed by atoms with Gasteiger partial charge in [-0.15, -0.1) is 0 Å². The molecule has 1 heterocycles. The first-order valence-electron chi connectivity index (χ1n) is 12.9. The zero-order valence-electron chi connectivity index (χ0n) is 23.3. The number of methoxy groups -OCH3 is 1. The lowest BCUT2D eigenvalue weighted by molar-refractivity contribution is -0.132. The first-order chi connectivity index (χ1) is 17.8. The number of aryl methyl sites for hydroxylation is 2. The molecule has 0 unspecified atom stereocenters. The molecule has 0 bridgehead atoms. The average Bonchev–Trinajstić information content (AvgIpc) is 3.07. The molecule has 2 aliphatic carbocycles. The molecule has 0 spiro atoms. The van der Waals surface area contributed by atoms with E-state index < -0.39 is 5.97 Å². The van der Waals surface area contributed by atoms with Crippen LogP contribution in [0.2, 0.25) is 0 Å². The number of aromatic nitrogens is 2. The van der Waals surface area contributed by atoms with Crippen molar-refractivity contribution in [3.63, 3.8) is 0 Å². The third kappa shape index (κ3) is 7.84. The van der Waals surface area contributed by atoms with Crippen molar-refractivity contribution in [1.29, 1.82) is 0 Å². The largest absolute Gasteiger partial charge is 0.497 e. The predicted octanol–water partition coefficient (Wildman–Crippen LogP) is 7.02. The summed E-state index contributed by atoms with van der Waals surface area (Å²) in [6.45, 7) is 10.5. The van der Waals surface area contributed by atoms with Crippen LogP contribution < -0.4 is 4.90 Å². The number of anilines is 1. The van der Waals surface area contributed by atoms with Crippen LogP contribution >= 0.6 is 0 Å². The van der Waals surface area contributed by atoms with Crippen LogP contribution in [-0.4, -0.2) is 41.6 Å². The van der Waals surface area contributed by atoms with Gasteiger partial charge in [0.05, 0.1) is 18.5 Å². The fourth-order valence-corrected chi connectivity index (χ4v) is 4.09. The number of likely N-dealkylation sites (N-methyl/N-ethyl adjacent to an activating group) is 1. The predicted molar refractivity (Wildman–Crippen MR) is 153 cm³/mol. The van der Waals surface area contributed by atoms with Crippen LogP contribution in [0, 0.1) is 20.8 Å². The molecule has 2 aromatic rings. The topological polar surface area (TPSA) is 67.6 Å². The van der Waals surface area contributed by atoms with Crippen LogP contribution in [0.4, 0.5) is 5.82 Å². The van der Waals surface area contributed by atoms with Gasteiger partial charge in [-0.05, 0) is 63.0 Å². The lowest BCUT2D eigenvalue weighted by atomic mass is 10.1. The first-order valence-corrected chi connectivity index (χ1v) is 12.9. The Kier molecular flexibility index (Phi) is 11.7. The summed E-state index contributed by atoms with van der Waals surface area (Å²) in [5.74, 6) is 0.706. The maximum Gasteiger partial charge on any atom is 0.332 e. The van der Waals surface area contributed by atoms with E-state index in [9.17, 15) is 9.90 Å². The number of nitrogens with zero attached hydrogens (tertiary/aromatic N) is 3. The van der Waals surface area contributed by atoms with Crippen LogP contribution in [0.5, 0.6) is 0 Å². The first kappa shape index (κ1) is 29.4. The van der Waals surface area contributed by atoms with Crippen LogP contribution in [0.15, 0.2) is 83.7 Å². The van der Waals surface area contributed by atoms with E-state index in [1.165, 1.54) is 12.8 Å². The standard InChI is InChI=1S/C23H27N3O3.C6H8.C2H6/c1-15-8-6-7-9-21(15)26-22(16(2)17(3)24-26)25(4)14-18-10-11-19(29-5)12-13-20(18)23(27)28;1-2-4-6-5-3-1;1-2/h6-12H,13-14H2,1-5H3,(H,27,28);1-4H,5-6H2;1-2H3. The second-order valence-electron chi connectivity index (χ2n) is 8.68. The molecule has 1 aromatic carbocycles. The van der Waals surface area contributed by atoms with Gasteiger partial charge in [0.25, 0.3) is 0 Å². The minimum atomic E-state index is -0.910. The van der Waals surface area contributed by atoms with Gasteiger partial charge in [0, 0.05) is 31.1 Å². The Morgan fingerprint density at radius 1 is 1.08 bits per heavy atom. The van der Waals surface area contributed by atoms with Crippen molar-refractivity contribution in [1.82, 2.24) is 9.78 Å². The molecule has 6 heteroatoms. The number of carboxylic acids is 1. The van der Waals surface area contributed by atoms with Crippen LogP contribution in [0.1, 0.15) is 49.9 Å².